The van der Waals surface area contributed by atoms with Gasteiger partial charge in [-0.3, -0.25) is 4.79 Å². The summed E-state index contributed by atoms with van der Waals surface area (Å²) in [4.78, 5) is 12.6. The van der Waals surface area contributed by atoms with Crippen LogP contribution in [0.5, 0.6) is 5.75 Å². The summed E-state index contributed by atoms with van der Waals surface area (Å²) in [6.45, 7) is 2.61. The van der Waals surface area contributed by atoms with E-state index in [1.54, 1.807) is 30.3 Å². The Morgan fingerprint density at radius 3 is 2.65 bits per heavy atom. The van der Waals surface area contributed by atoms with Crippen molar-refractivity contribution in [3.05, 3.63) is 63.1 Å². The highest BCUT2D eigenvalue weighted by atomic mass is 79.9. The summed E-state index contributed by atoms with van der Waals surface area (Å²) in [5, 5.41) is 0.426. The average molecular weight is 354 g/mol. The Kier molecular flexibility index (Phi) is 5.21. The smallest absolute Gasteiger partial charge is 0.198 e. The van der Waals surface area contributed by atoms with Gasteiger partial charge in [0.15, 0.2) is 5.78 Å². The van der Waals surface area contributed by atoms with Crippen molar-refractivity contribution in [1.29, 1.82) is 0 Å². The van der Waals surface area contributed by atoms with Gasteiger partial charge in [-0.25, -0.2) is 0 Å². The molecular weight excluding hydrogens is 340 g/mol. The molecule has 0 bridgehead atoms. The molecule has 2 aromatic rings. The lowest BCUT2D eigenvalue weighted by Gasteiger charge is -2.10. The Morgan fingerprint density at radius 2 is 1.95 bits per heavy atom. The van der Waals surface area contributed by atoms with Crippen molar-refractivity contribution >= 4 is 33.3 Å². The number of carbonyl (C=O) groups is 1. The lowest BCUT2D eigenvalue weighted by Crippen LogP contribution is -2.06. The molecule has 0 fully saturated rings. The maximum Gasteiger partial charge on any atom is 0.198 e. The first kappa shape index (κ1) is 15.1. The van der Waals surface area contributed by atoms with Crippen LogP contribution in [0.1, 0.15) is 29.3 Å². The summed E-state index contributed by atoms with van der Waals surface area (Å²) in [5.41, 5.74) is 1.01. The summed E-state index contributed by atoms with van der Waals surface area (Å²) in [6, 6.07) is 12.5. The zero-order valence-electron chi connectivity index (χ0n) is 11.0. The van der Waals surface area contributed by atoms with Crippen LogP contribution in [-0.4, -0.2) is 12.4 Å². The van der Waals surface area contributed by atoms with Gasteiger partial charge in [0.2, 0.25) is 0 Å². The molecule has 104 valence electrons. The Hall–Kier alpha value is -1.32. The van der Waals surface area contributed by atoms with Crippen LogP contribution in [0.15, 0.2) is 46.9 Å². The molecule has 0 amide bonds. The third-order valence-electron chi connectivity index (χ3n) is 2.77. The molecule has 20 heavy (non-hydrogen) atoms. The van der Waals surface area contributed by atoms with Gasteiger partial charge in [0.05, 0.1) is 17.2 Å². The van der Waals surface area contributed by atoms with E-state index in [1.165, 1.54) is 0 Å². The van der Waals surface area contributed by atoms with Crippen molar-refractivity contribution in [2.45, 2.75) is 13.3 Å². The summed E-state index contributed by atoms with van der Waals surface area (Å²) in [5.74, 6) is 0.465. The van der Waals surface area contributed by atoms with Gasteiger partial charge in [0, 0.05) is 10.0 Å². The van der Waals surface area contributed by atoms with Crippen molar-refractivity contribution in [2.24, 2.45) is 0 Å². The van der Waals surface area contributed by atoms with Crippen LogP contribution in [-0.2, 0) is 0 Å². The molecule has 0 aliphatic carbocycles. The molecule has 0 N–H and O–H groups in total. The monoisotopic (exact) mass is 352 g/mol. The van der Waals surface area contributed by atoms with Crippen molar-refractivity contribution in [3.8, 4) is 5.75 Å². The van der Waals surface area contributed by atoms with Crippen molar-refractivity contribution in [1.82, 2.24) is 0 Å². The van der Waals surface area contributed by atoms with Gasteiger partial charge in [-0.05, 0) is 36.8 Å². The first-order valence-electron chi connectivity index (χ1n) is 6.35. The van der Waals surface area contributed by atoms with Gasteiger partial charge < -0.3 is 4.74 Å². The topological polar surface area (TPSA) is 26.3 Å². The molecule has 0 saturated heterocycles. The molecule has 0 aliphatic rings. The molecule has 2 nitrogen and oxygen atoms in total. The second kappa shape index (κ2) is 6.91. The molecule has 0 aromatic heterocycles. The second-order valence-corrected chi connectivity index (χ2v) is 5.62. The number of para-hydroxylation sites is 1. The molecular formula is C16H14BrClO2. The number of halogens is 2. The van der Waals surface area contributed by atoms with Gasteiger partial charge in [0.1, 0.15) is 5.75 Å². The zero-order chi connectivity index (χ0) is 14.5. The van der Waals surface area contributed by atoms with E-state index in [-0.39, 0.29) is 5.78 Å². The molecule has 2 aromatic carbocycles. The zero-order valence-corrected chi connectivity index (χ0v) is 13.4. The highest BCUT2D eigenvalue weighted by molar-refractivity contribution is 9.10. The van der Waals surface area contributed by atoms with Crippen LogP contribution < -0.4 is 4.74 Å². The average Bonchev–Trinajstić information content (AvgIpc) is 2.45. The van der Waals surface area contributed by atoms with Crippen molar-refractivity contribution in [3.63, 3.8) is 0 Å². The van der Waals surface area contributed by atoms with Crippen LogP contribution in [0.25, 0.3) is 0 Å². The maximum atomic E-state index is 12.6. The fraction of sp³-hybridized carbons (Fsp3) is 0.188. The first-order chi connectivity index (χ1) is 9.63. The van der Waals surface area contributed by atoms with E-state index in [0.717, 1.165) is 10.9 Å². The van der Waals surface area contributed by atoms with Crippen LogP contribution in [0.2, 0.25) is 5.02 Å². The van der Waals surface area contributed by atoms with E-state index >= 15 is 0 Å². The summed E-state index contributed by atoms with van der Waals surface area (Å²) < 4.78 is 6.46. The number of hydrogen-bond donors (Lipinski definition) is 0. The number of carbonyl (C=O) groups excluding carboxylic acids is 1. The SMILES string of the molecule is CCCOc1ccccc1C(=O)c1ccc(Br)cc1Cl. The molecule has 0 aliphatic heterocycles. The molecule has 4 heteroatoms. The Bertz CT molecular complexity index is 626. The largest absolute Gasteiger partial charge is 0.493 e. The number of hydrogen-bond acceptors (Lipinski definition) is 2. The number of rotatable bonds is 5. The van der Waals surface area contributed by atoms with Crippen LogP contribution in [0.4, 0.5) is 0 Å². The number of ketones is 1. The van der Waals surface area contributed by atoms with E-state index in [2.05, 4.69) is 15.9 Å². The van der Waals surface area contributed by atoms with Crippen molar-refractivity contribution in [2.75, 3.05) is 6.61 Å². The fourth-order valence-electron chi connectivity index (χ4n) is 1.81. The van der Waals surface area contributed by atoms with E-state index < -0.39 is 0 Å². The normalized spacial score (nSPS) is 10.3. The Morgan fingerprint density at radius 1 is 1.20 bits per heavy atom. The van der Waals surface area contributed by atoms with Gasteiger partial charge in [-0.1, -0.05) is 46.6 Å². The predicted molar refractivity (Wildman–Crippen MR) is 84.8 cm³/mol. The fourth-order valence-corrected chi connectivity index (χ4v) is 2.57. The van der Waals surface area contributed by atoms with E-state index in [9.17, 15) is 4.79 Å². The minimum Gasteiger partial charge on any atom is -0.493 e. The van der Waals surface area contributed by atoms with E-state index in [0.29, 0.717) is 28.5 Å². The van der Waals surface area contributed by atoms with Crippen LogP contribution >= 0.6 is 27.5 Å². The van der Waals surface area contributed by atoms with Crippen molar-refractivity contribution < 1.29 is 9.53 Å². The summed E-state index contributed by atoms with van der Waals surface area (Å²) >= 11 is 9.47. The lowest BCUT2D eigenvalue weighted by atomic mass is 10.0. The van der Waals surface area contributed by atoms with Gasteiger partial charge in [0.25, 0.3) is 0 Å². The maximum absolute atomic E-state index is 12.6. The first-order valence-corrected chi connectivity index (χ1v) is 7.52. The molecule has 0 heterocycles. The molecule has 0 saturated carbocycles. The second-order valence-electron chi connectivity index (χ2n) is 4.30. The predicted octanol–water partition coefficient (Wildman–Crippen LogP) is 5.12. The summed E-state index contributed by atoms with van der Waals surface area (Å²) in [7, 11) is 0. The molecule has 0 radical (unpaired) electrons. The standard InChI is InChI=1S/C16H14BrClO2/c1-2-9-20-15-6-4-3-5-13(15)16(19)12-8-7-11(17)10-14(12)18/h3-8,10H,2,9H2,1H3. The lowest BCUT2D eigenvalue weighted by molar-refractivity contribution is 0.103. The third kappa shape index (κ3) is 3.41. The van der Waals surface area contributed by atoms with E-state index in [4.69, 9.17) is 16.3 Å². The molecule has 2 rings (SSSR count). The van der Waals surface area contributed by atoms with E-state index in [1.807, 2.05) is 19.1 Å². The Labute approximate surface area is 131 Å². The minimum atomic E-state index is -0.130. The number of benzene rings is 2. The van der Waals surface area contributed by atoms with Crippen LogP contribution in [0, 0.1) is 0 Å². The highest BCUT2D eigenvalue weighted by Gasteiger charge is 2.17. The van der Waals surface area contributed by atoms with Gasteiger partial charge >= 0.3 is 0 Å². The quantitative estimate of drug-likeness (QED) is 0.697. The Balaban J connectivity index is 2.38. The molecule has 0 atom stereocenters. The molecule has 0 spiro atoms. The minimum absolute atomic E-state index is 0.130. The third-order valence-corrected chi connectivity index (χ3v) is 3.58. The number of ether oxygens (including phenoxy) is 1. The van der Waals surface area contributed by atoms with Gasteiger partial charge in [-0.15, -0.1) is 0 Å². The highest BCUT2D eigenvalue weighted by Crippen LogP contribution is 2.27. The van der Waals surface area contributed by atoms with Crippen LogP contribution in [0.3, 0.4) is 0 Å². The summed E-state index contributed by atoms with van der Waals surface area (Å²) in [6.07, 6.45) is 0.890. The van der Waals surface area contributed by atoms with Gasteiger partial charge in [-0.2, -0.15) is 0 Å². The molecule has 0 unspecified atom stereocenters.